The number of nitrogens with one attached hydrogen (secondary N) is 2. The highest BCUT2D eigenvalue weighted by molar-refractivity contribution is 5.94. The fourth-order valence-corrected chi connectivity index (χ4v) is 4.41. The lowest BCUT2D eigenvalue weighted by Crippen LogP contribution is -2.56. The van der Waals surface area contributed by atoms with Crippen LogP contribution in [0.1, 0.15) is 46.1 Å². The lowest BCUT2D eigenvalue weighted by molar-refractivity contribution is -0.127. The van der Waals surface area contributed by atoms with E-state index in [0.717, 1.165) is 5.39 Å². The zero-order valence-electron chi connectivity index (χ0n) is 20.9. The number of primary amides is 1. The maximum absolute atomic E-state index is 14.7. The number of piperidine rings is 1. The summed E-state index contributed by atoms with van der Waals surface area (Å²) in [5.74, 6) is -1.41. The summed E-state index contributed by atoms with van der Waals surface area (Å²) in [5, 5.41) is 6.21. The third-order valence-corrected chi connectivity index (χ3v) is 5.82. The number of alkyl carbamates (subject to hydrolysis) is 1. The van der Waals surface area contributed by atoms with Gasteiger partial charge in [0.05, 0.1) is 11.9 Å². The van der Waals surface area contributed by atoms with Crippen LogP contribution in [0.25, 0.3) is 10.9 Å². The molecule has 1 aliphatic rings. The van der Waals surface area contributed by atoms with Gasteiger partial charge in [0, 0.05) is 42.0 Å². The van der Waals surface area contributed by atoms with Crippen molar-refractivity contribution in [1.82, 2.24) is 15.6 Å². The summed E-state index contributed by atoms with van der Waals surface area (Å²) in [6.07, 6.45) is 1.14. The zero-order chi connectivity index (χ0) is 25.9. The Morgan fingerprint density at radius 3 is 2.69 bits per heavy atom. The van der Waals surface area contributed by atoms with Crippen LogP contribution in [-0.2, 0) is 14.3 Å². The van der Waals surface area contributed by atoms with Crippen LogP contribution in [0.15, 0.2) is 24.4 Å². The zero-order valence-corrected chi connectivity index (χ0v) is 20.9. The first-order chi connectivity index (χ1) is 16.3. The highest BCUT2D eigenvalue weighted by Gasteiger charge is 2.31. The second-order valence-electron chi connectivity index (χ2n) is 10.2. The Morgan fingerprint density at radius 1 is 1.31 bits per heavy atom. The van der Waals surface area contributed by atoms with E-state index < -0.39 is 29.6 Å². The lowest BCUT2D eigenvalue weighted by atomic mass is 9.94. The van der Waals surface area contributed by atoms with Gasteiger partial charge in [-0.3, -0.25) is 14.6 Å². The van der Waals surface area contributed by atoms with Gasteiger partial charge in [0.15, 0.2) is 0 Å². The van der Waals surface area contributed by atoms with Gasteiger partial charge in [0.2, 0.25) is 11.8 Å². The third kappa shape index (κ3) is 6.80. The number of ether oxygens (including phenoxy) is 1. The summed E-state index contributed by atoms with van der Waals surface area (Å²) in [7, 11) is 0. The molecule has 2 aromatic rings. The summed E-state index contributed by atoms with van der Waals surface area (Å²) in [6, 6.07) is 3.76. The van der Waals surface area contributed by atoms with Crippen molar-refractivity contribution in [3.8, 4) is 0 Å². The van der Waals surface area contributed by atoms with Crippen molar-refractivity contribution < 1.29 is 23.5 Å². The van der Waals surface area contributed by atoms with E-state index >= 15 is 0 Å². The largest absolute Gasteiger partial charge is 0.444 e. The van der Waals surface area contributed by atoms with E-state index in [4.69, 9.17) is 10.5 Å². The molecule has 0 radical (unpaired) electrons. The first-order valence-electron chi connectivity index (χ1n) is 11.7. The van der Waals surface area contributed by atoms with Gasteiger partial charge < -0.3 is 26.0 Å². The van der Waals surface area contributed by atoms with Gasteiger partial charge in [-0.15, -0.1) is 0 Å². The number of nitrogens with zero attached hydrogens (tertiary/aromatic N) is 2. The molecule has 3 rings (SSSR count). The molecule has 3 atom stereocenters. The molecule has 1 aliphatic heterocycles. The van der Waals surface area contributed by atoms with Crippen molar-refractivity contribution in [3.05, 3.63) is 35.8 Å². The number of fused-ring (bicyclic) bond motifs is 1. The molecule has 4 N–H and O–H groups in total. The standard InChI is InChI=1S/C25H34FN5O4/c1-14-9-16(29-23(33)19(11-21(27)32)30-24(34)35-25(3,4)5)13-31(12-14)20-10-18(26)15(2)22-17(20)7-6-8-28-22/h6-8,10,14,16,19H,9,11-13H2,1-5H3,(H2,27,32)(H,29,33)(H,30,34)/t14-,16+,19-/m0/s1. The maximum Gasteiger partial charge on any atom is 0.408 e. The maximum atomic E-state index is 14.7. The van der Waals surface area contributed by atoms with E-state index in [0.29, 0.717) is 36.3 Å². The Hall–Kier alpha value is -3.43. The average molecular weight is 488 g/mol. The van der Waals surface area contributed by atoms with Crippen LogP contribution in [0.5, 0.6) is 0 Å². The molecule has 0 aliphatic carbocycles. The number of nitrogens with two attached hydrogens (primary N) is 1. The number of hydrogen-bond donors (Lipinski definition) is 3. The monoisotopic (exact) mass is 487 g/mol. The molecular weight excluding hydrogens is 453 g/mol. The minimum atomic E-state index is -1.17. The fourth-order valence-electron chi connectivity index (χ4n) is 4.41. The molecule has 0 saturated carbocycles. The van der Waals surface area contributed by atoms with Crippen LogP contribution in [0.4, 0.5) is 14.9 Å². The fraction of sp³-hybridized carbons (Fsp3) is 0.520. The Morgan fingerprint density at radius 2 is 2.03 bits per heavy atom. The number of benzene rings is 1. The quantitative estimate of drug-likeness (QED) is 0.575. The van der Waals surface area contributed by atoms with E-state index in [-0.39, 0.29) is 24.2 Å². The SMILES string of the molecule is Cc1c(F)cc(N2C[C@@H](C)C[C@@H](NC(=O)[C@H](CC(N)=O)NC(=O)OC(C)(C)C)C2)c2cccnc12. The molecule has 1 aromatic heterocycles. The summed E-state index contributed by atoms with van der Waals surface area (Å²) in [6.45, 7) is 9.95. The van der Waals surface area contributed by atoms with Crippen LogP contribution >= 0.6 is 0 Å². The van der Waals surface area contributed by atoms with E-state index in [1.165, 1.54) is 6.07 Å². The molecule has 190 valence electrons. The Bertz CT molecular complexity index is 1120. The molecule has 0 bridgehead atoms. The van der Waals surface area contributed by atoms with E-state index in [1.54, 1.807) is 33.9 Å². The Balaban J connectivity index is 1.78. The van der Waals surface area contributed by atoms with Gasteiger partial charge in [-0.1, -0.05) is 6.92 Å². The number of carbonyl (C=O) groups excluding carboxylic acids is 3. The van der Waals surface area contributed by atoms with Crippen molar-refractivity contribution in [1.29, 1.82) is 0 Å². The number of amides is 3. The Kier molecular flexibility index (Phi) is 7.82. The third-order valence-electron chi connectivity index (χ3n) is 5.82. The summed E-state index contributed by atoms with van der Waals surface area (Å²) in [4.78, 5) is 43.2. The van der Waals surface area contributed by atoms with E-state index in [9.17, 15) is 18.8 Å². The molecule has 1 saturated heterocycles. The van der Waals surface area contributed by atoms with Crippen LogP contribution in [0, 0.1) is 18.7 Å². The molecule has 10 heteroatoms. The number of hydrogen-bond acceptors (Lipinski definition) is 6. The number of rotatable bonds is 6. The predicted molar refractivity (Wildman–Crippen MR) is 131 cm³/mol. The van der Waals surface area contributed by atoms with Crippen molar-refractivity contribution in [2.45, 2.75) is 65.1 Å². The van der Waals surface area contributed by atoms with Gasteiger partial charge in [0.25, 0.3) is 0 Å². The van der Waals surface area contributed by atoms with Crippen molar-refractivity contribution in [3.63, 3.8) is 0 Å². The highest BCUT2D eigenvalue weighted by atomic mass is 19.1. The number of pyridine rings is 1. The molecule has 1 aromatic carbocycles. The molecular formula is C25H34FN5O4. The van der Waals surface area contributed by atoms with Crippen LogP contribution < -0.4 is 21.3 Å². The van der Waals surface area contributed by atoms with Gasteiger partial charge >= 0.3 is 6.09 Å². The molecule has 0 spiro atoms. The lowest BCUT2D eigenvalue weighted by Gasteiger charge is -2.39. The van der Waals surface area contributed by atoms with E-state index in [2.05, 4.69) is 22.5 Å². The van der Waals surface area contributed by atoms with Crippen LogP contribution in [0.2, 0.25) is 0 Å². The Labute approximate surface area is 204 Å². The summed E-state index contributed by atoms with van der Waals surface area (Å²) in [5.41, 5.74) is 6.34. The molecule has 35 heavy (non-hydrogen) atoms. The first-order valence-corrected chi connectivity index (χ1v) is 11.7. The van der Waals surface area contributed by atoms with Crippen molar-refractivity contribution in [2.24, 2.45) is 11.7 Å². The number of aromatic nitrogens is 1. The van der Waals surface area contributed by atoms with Gasteiger partial charge in [-0.05, 0) is 58.2 Å². The van der Waals surface area contributed by atoms with Gasteiger partial charge in [0.1, 0.15) is 17.5 Å². The number of carbonyl (C=O) groups is 3. The van der Waals surface area contributed by atoms with Crippen molar-refractivity contribution >= 4 is 34.5 Å². The van der Waals surface area contributed by atoms with E-state index in [1.807, 2.05) is 17.0 Å². The first kappa shape index (κ1) is 26.2. The number of halogens is 1. The molecule has 2 heterocycles. The smallest absolute Gasteiger partial charge is 0.408 e. The number of aryl methyl sites for hydroxylation is 1. The molecule has 9 nitrogen and oxygen atoms in total. The molecule has 0 unspecified atom stereocenters. The second-order valence-corrected chi connectivity index (χ2v) is 10.2. The minimum absolute atomic E-state index is 0.193. The van der Waals surface area contributed by atoms with Gasteiger partial charge in [-0.2, -0.15) is 0 Å². The average Bonchev–Trinajstić information content (AvgIpc) is 2.73. The minimum Gasteiger partial charge on any atom is -0.444 e. The second kappa shape index (κ2) is 10.5. The van der Waals surface area contributed by atoms with Crippen LogP contribution in [0.3, 0.4) is 0 Å². The molecule has 1 fully saturated rings. The normalized spacial score (nSPS) is 19.2. The topological polar surface area (TPSA) is 127 Å². The number of anilines is 1. The summed E-state index contributed by atoms with van der Waals surface area (Å²) < 4.78 is 19.9. The van der Waals surface area contributed by atoms with Crippen LogP contribution in [-0.4, -0.2) is 53.7 Å². The summed E-state index contributed by atoms with van der Waals surface area (Å²) >= 11 is 0. The van der Waals surface area contributed by atoms with Crippen molar-refractivity contribution in [2.75, 3.05) is 18.0 Å². The predicted octanol–water partition coefficient (Wildman–Crippen LogP) is 2.78. The van der Waals surface area contributed by atoms with Gasteiger partial charge in [-0.25, -0.2) is 9.18 Å². The highest BCUT2D eigenvalue weighted by Crippen LogP contribution is 2.32. The molecule has 3 amide bonds.